The van der Waals surface area contributed by atoms with Crippen LogP contribution >= 0.6 is 24.0 Å². The molecule has 1 rings (SSSR count). The standard InChI is InChI=1S/C11H12ClNO.ClH/c1-3-6-14-11-5-4-10(12)7-9(11)8-13-2;/h1,4-5,7,13H,6,8H2,2H3;1H. The zero-order valence-electron chi connectivity index (χ0n) is 8.42. The Kier molecular flexibility index (Phi) is 6.98. The van der Waals surface area contributed by atoms with Crippen LogP contribution in [0.3, 0.4) is 0 Å². The third-order valence-electron chi connectivity index (χ3n) is 1.70. The predicted molar refractivity (Wildman–Crippen MR) is 65.8 cm³/mol. The van der Waals surface area contributed by atoms with Crippen molar-refractivity contribution in [1.29, 1.82) is 0 Å². The number of rotatable bonds is 4. The topological polar surface area (TPSA) is 21.3 Å². The molecule has 0 spiro atoms. The van der Waals surface area contributed by atoms with Crippen molar-refractivity contribution in [3.63, 3.8) is 0 Å². The first kappa shape index (κ1) is 14.1. The van der Waals surface area contributed by atoms with E-state index in [1.54, 1.807) is 6.07 Å². The highest BCUT2D eigenvalue weighted by molar-refractivity contribution is 6.30. The molecule has 0 saturated carbocycles. The van der Waals surface area contributed by atoms with Crippen LogP contribution in [0.5, 0.6) is 5.75 Å². The minimum Gasteiger partial charge on any atom is -0.481 e. The molecule has 0 aliphatic rings. The molecule has 0 radical (unpaired) electrons. The molecule has 0 aliphatic heterocycles. The van der Waals surface area contributed by atoms with Gasteiger partial charge in [-0.1, -0.05) is 17.5 Å². The monoisotopic (exact) mass is 245 g/mol. The highest BCUT2D eigenvalue weighted by atomic mass is 35.5. The minimum absolute atomic E-state index is 0. The predicted octanol–water partition coefficient (Wildman–Crippen LogP) is 2.49. The van der Waals surface area contributed by atoms with Gasteiger partial charge < -0.3 is 10.1 Å². The number of benzene rings is 1. The largest absolute Gasteiger partial charge is 0.481 e. The highest BCUT2D eigenvalue weighted by Crippen LogP contribution is 2.22. The van der Waals surface area contributed by atoms with Gasteiger partial charge in [-0.15, -0.1) is 18.8 Å². The number of ether oxygens (including phenoxy) is 1. The van der Waals surface area contributed by atoms with E-state index in [2.05, 4.69) is 11.2 Å². The average molecular weight is 246 g/mol. The molecule has 0 aromatic heterocycles. The van der Waals surface area contributed by atoms with Gasteiger partial charge in [-0.2, -0.15) is 0 Å². The Morgan fingerprint density at radius 1 is 1.53 bits per heavy atom. The van der Waals surface area contributed by atoms with Crippen LogP contribution in [0.2, 0.25) is 5.02 Å². The Labute approximate surface area is 101 Å². The quantitative estimate of drug-likeness (QED) is 0.824. The third-order valence-corrected chi connectivity index (χ3v) is 1.94. The maximum atomic E-state index is 5.86. The van der Waals surface area contributed by atoms with E-state index in [1.165, 1.54) is 0 Å². The summed E-state index contributed by atoms with van der Waals surface area (Å²) in [7, 11) is 1.87. The zero-order chi connectivity index (χ0) is 10.4. The van der Waals surface area contributed by atoms with Gasteiger partial charge in [-0.3, -0.25) is 0 Å². The summed E-state index contributed by atoms with van der Waals surface area (Å²) in [6.07, 6.45) is 5.11. The van der Waals surface area contributed by atoms with Crippen LogP contribution in [0.4, 0.5) is 0 Å². The van der Waals surface area contributed by atoms with Gasteiger partial charge in [-0.25, -0.2) is 0 Å². The van der Waals surface area contributed by atoms with Crippen molar-refractivity contribution in [2.45, 2.75) is 6.54 Å². The van der Waals surface area contributed by atoms with Crippen LogP contribution in [0, 0.1) is 12.3 Å². The summed E-state index contributed by atoms with van der Waals surface area (Å²) in [5, 5.41) is 3.74. The van der Waals surface area contributed by atoms with Gasteiger partial charge in [0, 0.05) is 17.1 Å². The summed E-state index contributed by atoms with van der Waals surface area (Å²) >= 11 is 5.86. The van der Waals surface area contributed by atoms with Gasteiger partial charge in [0.1, 0.15) is 12.4 Å². The summed E-state index contributed by atoms with van der Waals surface area (Å²) in [6, 6.07) is 5.48. The molecule has 4 heteroatoms. The first-order valence-corrected chi connectivity index (χ1v) is 4.65. The van der Waals surface area contributed by atoms with Crippen molar-refractivity contribution in [2.24, 2.45) is 0 Å². The van der Waals surface area contributed by atoms with Crippen LogP contribution in [0.25, 0.3) is 0 Å². The molecule has 0 saturated heterocycles. The van der Waals surface area contributed by atoms with E-state index in [-0.39, 0.29) is 19.0 Å². The number of hydrogen-bond donors (Lipinski definition) is 1. The lowest BCUT2D eigenvalue weighted by molar-refractivity contribution is 0.365. The van der Waals surface area contributed by atoms with Gasteiger partial charge in [0.05, 0.1) is 0 Å². The fourth-order valence-electron chi connectivity index (χ4n) is 1.14. The van der Waals surface area contributed by atoms with Crippen LogP contribution in [0.15, 0.2) is 18.2 Å². The molecule has 1 aromatic rings. The lowest BCUT2D eigenvalue weighted by atomic mass is 10.2. The number of halogens is 2. The second kappa shape index (κ2) is 7.42. The molecule has 2 nitrogen and oxygen atoms in total. The molecule has 1 aromatic carbocycles. The highest BCUT2D eigenvalue weighted by Gasteiger charge is 2.02. The zero-order valence-corrected chi connectivity index (χ0v) is 9.99. The molecular weight excluding hydrogens is 233 g/mol. The van der Waals surface area contributed by atoms with Gasteiger partial charge in [0.25, 0.3) is 0 Å². The van der Waals surface area contributed by atoms with Crippen molar-refractivity contribution in [1.82, 2.24) is 5.32 Å². The van der Waals surface area contributed by atoms with Gasteiger partial charge >= 0.3 is 0 Å². The van der Waals surface area contributed by atoms with Crippen molar-refractivity contribution in [2.75, 3.05) is 13.7 Å². The Morgan fingerprint density at radius 2 is 2.27 bits per heavy atom. The van der Waals surface area contributed by atoms with E-state index in [1.807, 2.05) is 19.2 Å². The second-order valence-corrected chi connectivity index (χ2v) is 3.21. The lowest BCUT2D eigenvalue weighted by Crippen LogP contribution is -2.07. The molecule has 0 aliphatic carbocycles. The Balaban J connectivity index is 0.00000196. The van der Waals surface area contributed by atoms with Gasteiger partial charge in [-0.05, 0) is 25.2 Å². The third kappa shape index (κ3) is 4.44. The van der Waals surface area contributed by atoms with E-state index in [0.717, 1.165) is 11.3 Å². The maximum Gasteiger partial charge on any atom is 0.148 e. The normalized spacial score (nSPS) is 8.87. The van der Waals surface area contributed by atoms with Crippen LogP contribution in [0.1, 0.15) is 5.56 Å². The van der Waals surface area contributed by atoms with Crippen LogP contribution in [-0.4, -0.2) is 13.7 Å². The SMILES string of the molecule is C#CCOc1ccc(Cl)cc1CNC.Cl. The number of nitrogens with one attached hydrogen (secondary N) is 1. The second-order valence-electron chi connectivity index (χ2n) is 2.78. The number of hydrogen-bond acceptors (Lipinski definition) is 2. The van der Waals surface area contributed by atoms with Gasteiger partial charge in [0.15, 0.2) is 0 Å². The fourth-order valence-corrected chi connectivity index (χ4v) is 1.33. The van der Waals surface area contributed by atoms with E-state index in [0.29, 0.717) is 11.6 Å². The summed E-state index contributed by atoms with van der Waals surface area (Å²) in [5.41, 5.74) is 1.01. The average Bonchev–Trinajstić information content (AvgIpc) is 2.17. The maximum absolute atomic E-state index is 5.86. The first-order valence-electron chi connectivity index (χ1n) is 4.27. The van der Waals surface area contributed by atoms with Crippen LogP contribution < -0.4 is 10.1 Å². The molecule has 15 heavy (non-hydrogen) atoms. The summed E-state index contributed by atoms with van der Waals surface area (Å²) < 4.78 is 5.36. The molecule has 0 bridgehead atoms. The van der Waals surface area contributed by atoms with Crippen molar-refractivity contribution in [3.05, 3.63) is 28.8 Å². The van der Waals surface area contributed by atoms with E-state index >= 15 is 0 Å². The molecule has 0 atom stereocenters. The van der Waals surface area contributed by atoms with Crippen molar-refractivity contribution >= 4 is 24.0 Å². The minimum atomic E-state index is 0. The van der Waals surface area contributed by atoms with E-state index in [4.69, 9.17) is 22.8 Å². The molecule has 82 valence electrons. The smallest absolute Gasteiger partial charge is 0.148 e. The molecule has 0 amide bonds. The molecule has 0 unspecified atom stereocenters. The summed E-state index contributed by atoms with van der Waals surface area (Å²) in [4.78, 5) is 0. The molecule has 1 N–H and O–H groups in total. The summed E-state index contributed by atoms with van der Waals surface area (Å²) in [5.74, 6) is 3.20. The summed E-state index contributed by atoms with van der Waals surface area (Å²) in [6.45, 7) is 0.985. The molecule has 0 heterocycles. The van der Waals surface area contributed by atoms with Crippen molar-refractivity contribution in [3.8, 4) is 18.1 Å². The number of terminal acetylenes is 1. The Morgan fingerprint density at radius 3 is 2.87 bits per heavy atom. The first-order chi connectivity index (χ1) is 6.77. The fraction of sp³-hybridized carbons (Fsp3) is 0.273. The molecule has 0 fully saturated rings. The van der Waals surface area contributed by atoms with E-state index < -0.39 is 0 Å². The Hall–Kier alpha value is -0.880. The molecular formula is C11H13Cl2NO. The Bertz CT molecular complexity index is 347. The van der Waals surface area contributed by atoms with Gasteiger partial charge in [0.2, 0.25) is 0 Å². The van der Waals surface area contributed by atoms with E-state index in [9.17, 15) is 0 Å². The lowest BCUT2D eigenvalue weighted by Gasteiger charge is -2.09. The van der Waals surface area contributed by atoms with Crippen LogP contribution in [-0.2, 0) is 6.54 Å². The van der Waals surface area contributed by atoms with Crippen molar-refractivity contribution < 1.29 is 4.74 Å².